The second kappa shape index (κ2) is 7.90. The molecule has 0 aromatic heterocycles. The standard InChI is InChI=1S/C19H24N2O2/c1-21(2,23)15-9-14-20-19(22)18(16-10-5-3-6-11-16)17-12-7-4-8-13-17/h3-8,10-13,18,23H,9,14-15H2,1-2H3. The first-order valence-corrected chi connectivity index (χ1v) is 7.84. The van der Waals surface area contributed by atoms with Gasteiger partial charge in [-0.1, -0.05) is 60.7 Å². The highest BCUT2D eigenvalue weighted by atomic mass is 16.5. The Labute approximate surface area is 137 Å². The van der Waals surface area contributed by atoms with Gasteiger partial charge in [-0.05, 0) is 17.0 Å². The Morgan fingerprint density at radius 2 is 1.48 bits per heavy atom. The van der Waals surface area contributed by atoms with E-state index in [0.29, 0.717) is 19.5 Å². The minimum atomic E-state index is -0.367. The normalized spacial score (nSPS) is 12.6. The fourth-order valence-corrected chi connectivity index (χ4v) is 2.51. The zero-order chi connectivity index (χ0) is 16.7. The number of hydroxylamine groups is 3. The van der Waals surface area contributed by atoms with Gasteiger partial charge < -0.3 is 10.1 Å². The summed E-state index contributed by atoms with van der Waals surface area (Å²) in [5.74, 6) is -0.500. The molecule has 0 spiro atoms. The number of nitrogens with zero attached hydrogens (tertiary/aromatic N) is 2. The second-order valence-corrected chi connectivity index (χ2v) is 6.17. The summed E-state index contributed by atoms with van der Waals surface area (Å²) in [6.45, 7) is 0.995. The van der Waals surface area contributed by atoms with Gasteiger partial charge in [-0.15, -0.1) is 0 Å². The first kappa shape index (κ1) is 17.2. The Morgan fingerprint density at radius 1 is 1.00 bits per heavy atom. The number of hydrogen-bond acceptors (Lipinski definition) is 3. The van der Waals surface area contributed by atoms with Gasteiger partial charge in [-0.2, -0.15) is 4.65 Å². The van der Waals surface area contributed by atoms with Crippen molar-refractivity contribution in [1.82, 2.24) is 0 Å². The fourth-order valence-electron chi connectivity index (χ4n) is 2.51. The number of rotatable bonds is 7. The number of benzene rings is 2. The zero-order valence-corrected chi connectivity index (χ0v) is 13.7. The largest absolute Gasteiger partial charge is 0.861 e. The van der Waals surface area contributed by atoms with E-state index in [9.17, 15) is 10.3 Å². The summed E-state index contributed by atoms with van der Waals surface area (Å²) >= 11 is 0. The molecule has 4 heteroatoms. The third kappa shape index (κ3) is 5.51. The molecule has 0 amide bonds. The monoisotopic (exact) mass is 312 g/mol. The Hall–Kier alpha value is -2.17. The van der Waals surface area contributed by atoms with Crippen LogP contribution in [0.3, 0.4) is 0 Å². The average molecular weight is 312 g/mol. The van der Waals surface area contributed by atoms with Gasteiger partial charge in [-0.25, -0.2) is 5.21 Å². The van der Waals surface area contributed by atoms with E-state index in [2.05, 4.69) is 4.99 Å². The summed E-state index contributed by atoms with van der Waals surface area (Å²) < 4.78 is -0.107. The van der Waals surface area contributed by atoms with Crippen LogP contribution in [0.15, 0.2) is 65.7 Å². The maximum Gasteiger partial charge on any atom is 0.110 e. The Bertz CT molecular complexity index is 579. The van der Waals surface area contributed by atoms with E-state index < -0.39 is 0 Å². The molecule has 0 aliphatic heterocycles. The molecule has 0 radical (unpaired) electrons. The molecule has 0 saturated heterocycles. The first-order chi connectivity index (χ1) is 11.0. The summed E-state index contributed by atoms with van der Waals surface area (Å²) in [5, 5.41) is 22.3. The van der Waals surface area contributed by atoms with Gasteiger partial charge in [0.15, 0.2) is 0 Å². The van der Waals surface area contributed by atoms with Crippen LogP contribution in [0.4, 0.5) is 0 Å². The number of quaternary nitrogens is 1. The lowest BCUT2D eigenvalue weighted by Gasteiger charge is -2.25. The van der Waals surface area contributed by atoms with Crippen molar-refractivity contribution in [3.8, 4) is 0 Å². The molecule has 4 nitrogen and oxygen atoms in total. The molecule has 2 aromatic rings. The predicted molar refractivity (Wildman–Crippen MR) is 90.4 cm³/mol. The molecular formula is C19H24N2O2. The van der Waals surface area contributed by atoms with Crippen molar-refractivity contribution in [3.05, 3.63) is 71.8 Å². The second-order valence-electron chi connectivity index (χ2n) is 6.17. The van der Waals surface area contributed by atoms with E-state index in [1.165, 1.54) is 0 Å². The van der Waals surface area contributed by atoms with Crippen LogP contribution in [0.2, 0.25) is 0 Å². The van der Waals surface area contributed by atoms with E-state index in [1.54, 1.807) is 14.1 Å². The molecule has 23 heavy (non-hydrogen) atoms. The quantitative estimate of drug-likeness (QED) is 0.281. The van der Waals surface area contributed by atoms with Crippen molar-refractivity contribution >= 4 is 5.90 Å². The minimum absolute atomic E-state index is 0.107. The van der Waals surface area contributed by atoms with Crippen LogP contribution >= 0.6 is 0 Å². The van der Waals surface area contributed by atoms with E-state index in [1.807, 2.05) is 60.7 Å². The summed E-state index contributed by atoms with van der Waals surface area (Å²) in [6.07, 6.45) is 0.672. The molecule has 0 heterocycles. The maximum absolute atomic E-state index is 12.6. The third-order valence-corrected chi connectivity index (χ3v) is 3.64. The molecule has 0 bridgehead atoms. The average Bonchev–Trinajstić information content (AvgIpc) is 2.53. The highest BCUT2D eigenvalue weighted by Crippen LogP contribution is 2.24. The molecule has 0 fully saturated rings. The number of aliphatic imine (C=N–C) groups is 1. The van der Waals surface area contributed by atoms with Crippen molar-refractivity contribution < 1.29 is 15.0 Å². The van der Waals surface area contributed by atoms with Crippen LogP contribution in [0.5, 0.6) is 0 Å². The lowest BCUT2D eigenvalue weighted by atomic mass is 9.91. The van der Waals surface area contributed by atoms with Gasteiger partial charge in [0.1, 0.15) is 6.54 Å². The summed E-state index contributed by atoms with van der Waals surface area (Å²) in [7, 11) is 3.41. The molecule has 0 aliphatic rings. The fraction of sp³-hybridized carbons (Fsp3) is 0.316. The summed E-state index contributed by atoms with van der Waals surface area (Å²) in [6, 6.07) is 19.4. The van der Waals surface area contributed by atoms with Crippen LogP contribution in [-0.4, -0.2) is 42.9 Å². The third-order valence-electron chi connectivity index (χ3n) is 3.64. The minimum Gasteiger partial charge on any atom is -0.861 e. The summed E-state index contributed by atoms with van der Waals surface area (Å²) in [4.78, 5) is 4.22. The van der Waals surface area contributed by atoms with Crippen LogP contribution in [0.1, 0.15) is 23.5 Å². The molecular weight excluding hydrogens is 288 g/mol. The van der Waals surface area contributed by atoms with Crippen molar-refractivity contribution in [2.75, 3.05) is 27.2 Å². The highest BCUT2D eigenvalue weighted by molar-refractivity contribution is 5.83. The predicted octanol–water partition coefficient (Wildman–Crippen LogP) is 2.43. The highest BCUT2D eigenvalue weighted by Gasteiger charge is 2.14. The van der Waals surface area contributed by atoms with E-state index >= 15 is 0 Å². The van der Waals surface area contributed by atoms with Crippen molar-refractivity contribution in [2.24, 2.45) is 4.99 Å². The van der Waals surface area contributed by atoms with Crippen molar-refractivity contribution in [1.29, 1.82) is 0 Å². The number of hydrogen-bond donors (Lipinski definition) is 1. The van der Waals surface area contributed by atoms with Crippen molar-refractivity contribution in [2.45, 2.75) is 12.3 Å². The maximum atomic E-state index is 12.6. The molecule has 0 atom stereocenters. The lowest BCUT2D eigenvalue weighted by molar-refractivity contribution is -1.07. The van der Waals surface area contributed by atoms with Crippen molar-refractivity contribution in [3.63, 3.8) is 0 Å². The molecule has 1 N–H and O–H groups in total. The Morgan fingerprint density at radius 3 is 1.91 bits per heavy atom. The molecule has 2 aromatic carbocycles. The van der Waals surface area contributed by atoms with E-state index in [-0.39, 0.29) is 16.5 Å². The van der Waals surface area contributed by atoms with E-state index in [4.69, 9.17) is 0 Å². The molecule has 0 aliphatic carbocycles. The van der Waals surface area contributed by atoms with Crippen LogP contribution in [0, 0.1) is 0 Å². The van der Waals surface area contributed by atoms with Crippen LogP contribution < -0.4 is 5.11 Å². The lowest BCUT2D eigenvalue weighted by Crippen LogP contribution is -2.36. The topological polar surface area (TPSA) is 55.7 Å². The molecule has 0 unspecified atom stereocenters. The van der Waals surface area contributed by atoms with Gasteiger partial charge in [0.25, 0.3) is 0 Å². The van der Waals surface area contributed by atoms with Gasteiger partial charge in [0.05, 0.1) is 14.1 Å². The smallest absolute Gasteiger partial charge is 0.110 e. The van der Waals surface area contributed by atoms with Crippen LogP contribution in [0.25, 0.3) is 0 Å². The first-order valence-electron chi connectivity index (χ1n) is 7.84. The Kier molecular flexibility index (Phi) is 5.90. The SMILES string of the molecule is C[N+](C)(O)CCCN=C([O-])C(c1ccccc1)c1ccccc1. The van der Waals surface area contributed by atoms with Gasteiger partial charge in [-0.3, -0.25) is 0 Å². The summed E-state index contributed by atoms with van der Waals surface area (Å²) in [5.41, 5.74) is 1.90. The van der Waals surface area contributed by atoms with Gasteiger partial charge in [0, 0.05) is 18.9 Å². The molecule has 0 saturated carbocycles. The van der Waals surface area contributed by atoms with Crippen LogP contribution in [-0.2, 0) is 0 Å². The van der Waals surface area contributed by atoms with Gasteiger partial charge >= 0.3 is 0 Å². The zero-order valence-electron chi connectivity index (χ0n) is 13.7. The van der Waals surface area contributed by atoms with E-state index in [0.717, 1.165) is 11.1 Å². The van der Waals surface area contributed by atoms with Gasteiger partial charge in [0.2, 0.25) is 0 Å². The molecule has 122 valence electrons. The molecule has 2 rings (SSSR count). The Balaban J connectivity index is 2.17.